The van der Waals surface area contributed by atoms with Crippen LogP contribution in [-0.4, -0.2) is 19.3 Å². The van der Waals surface area contributed by atoms with Crippen molar-refractivity contribution in [3.8, 4) is 5.75 Å². The highest BCUT2D eigenvalue weighted by atomic mass is 32.2. The maximum atomic E-state index is 12.5. The third-order valence-electron chi connectivity index (χ3n) is 1.61. The van der Waals surface area contributed by atoms with Crippen LogP contribution in [0.3, 0.4) is 0 Å². The van der Waals surface area contributed by atoms with Gasteiger partial charge in [0, 0.05) is 6.07 Å². The Morgan fingerprint density at radius 2 is 2.14 bits per heavy atom. The minimum Gasteiger partial charge on any atom is -0.506 e. The van der Waals surface area contributed by atoms with Gasteiger partial charge in [-0.1, -0.05) is 0 Å². The lowest BCUT2D eigenvalue weighted by Crippen LogP contribution is -2.14. The number of phenols is 1. The third-order valence-corrected chi connectivity index (χ3v) is 2.90. The van der Waals surface area contributed by atoms with Crippen LogP contribution in [0.25, 0.3) is 0 Å². The van der Waals surface area contributed by atoms with E-state index in [0.29, 0.717) is 0 Å². The Bertz CT molecular complexity index is 430. The molecule has 0 spiro atoms. The molecule has 1 aromatic rings. The SMILES string of the molecule is CCS(=O)(=O)Nc1ccc(F)cc1O. The van der Waals surface area contributed by atoms with E-state index in [9.17, 15) is 17.9 Å². The summed E-state index contributed by atoms with van der Waals surface area (Å²) in [6.45, 7) is 1.46. The first-order valence-electron chi connectivity index (χ1n) is 3.93. The van der Waals surface area contributed by atoms with Crippen molar-refractivity contribution in [3.05, 3.63) is 24.0 Å². The maximum Gasteiger partial charge on any atom is 0.232 e. The van der Waals surface area contributed by atoms with Crippen LogP contribution in [0.1, 0.15) is 6.92 Å². The summed E-state index contributed by atoms with van der Waals surface area (Å²) in [5.41, 5.74) is -0.0201. The average molecular weight is 219 g/mol. The van der Waals surface area contributed by atoms with Gasteiger partial charge in [-0.05, 0) is 19.1 Å². The quantitative estimate of drug-likeness (QED) is 0.753. The minimum absolute atomic E-state index is 0.0201. The van der Waals surface area contributed by atoms with Crippen LogP contribution in [0.2, 0.25) is 0 Å². The molecule has 0 amide bonds. The number of hydrogen-bond acceptors (Lipinski definition) is 3. The maximum absolute atomic E-state index is 12.5. The Kier molecular flexibility index (Phi) is 2.95. The molecule has 0 aliphatic carbocycles. The van der Waals surface area contributed by atoms with Crippen LogP contribution < -0.4 is 4.72 Å². The zero-order valence-electron chi connectivity index (χ0n) is 7.49. The summed E-state index contributed by atoms with van der Waals surface area (Å²) in [5, 5.41) is 9.18. The number of hydrogen-bond donors (Lipinski definition) is 2. The van der Waals surface area contributed by atoms with Gasteiger partial charge in [0.2, 0.25) is 10.0 Å². The molecule has 0 aliphatic heterocycles. The lowest BCUT2D eigenvalue weighted by molar-refractivity contribution is 0.471. The molecule has 1 rings (SSSR count). The second-order valence-electron chi connectivity index (χ2n) is 2.67. The number of anilines is 1. The van der Waals surface area contributed by atoms with E-state index in [1.807, 2.05) is 0 Å². The molecule has 0 unspecified atom stereocenters. The monoisotopic (exact) mass is 219 g/mol. The molecule has 1 aromatic carbocycles. The molecule has 0 aromatic heterocycles. The molecule has 0 saturated heterocycles. The molecule has 0 radical (unpaired) electrons. The fraction of sp³-hybridized carbons (Fsp3) is 0.250. The van der Waals surface area contributed by atoms with Crippen molar-refractivity contribution in [1.29, 1.82) is 0 Å². The van der Waals surface area contributed by atoms with Gasteiger partial charge in [0.25, 0.3) is 0 Å². The van der Waals surface area contributed by atoms with Crippen molar-refractivity contribution < 1.29 is 17.9 Å². The van der Waals surface area contributed by atoms with E-state index < -0.39 is 21.6 Å². The standard InChI is InChI=1S/C8H10FNO3S/c1-2-14(12,13)10-7-4-3-6(9)5-8(7)11/h3-5,10-11H,2H2,1H3. The Labute approximate surface area is 81.4 Å². The van der Waals surface area contributed by atoms with Crippen LogP contribution in [-0.2, 0) is 10.0 Å². The highest BCUT2D eigenvalue weighted by Crippen LogP contribution is 2.24. The molecule has 2 N–H and O–H groups in total. The first kappa shape index (κ1) is 10.8. The normalized spacial score (nSPS) is 11.3. The van der Waals surface area contributed by atoms with Gasteiger partial charge in [-0.15, -0.1) is 0 Å². The highest BCUT2D eigenvalue weighted by Gasteiger charge is 2.10. The second kappa shape index (κ2) is 3.83. The lowest BCUT2D eigenvalue weighted by Gasteiger charge is -2.07. The predicted molar refractivity (Wildman–Crippen MR) is 51.1 cm³/mol. The summed E-state index contributed by atoms with van der Waals surface area (Å²) < 4.78 is 36.8. The smallest absolute Gasteiger partial charge is 0.232 e. The fourth-order valence-corrected chi connectivity index (χ4v) is 1.48. The van der Waals surface area contributed by atoms with Crippen LogP contribution in [0.4, 0.5) is 10.1 Å². The van der Waals surface area contributed by atoms with E-state index in [4.69, 9.17) is 0 Å². The predicted octanol–water partition coefficient (Wildman–Crippen LogP) is 1.29. The summed E-state index contributed by atoms with van der Waals surface area (Å²) >= 11 is 0. The number of aromatic hydroxyl groups is 1. The Hall–Kier alpha value is -1.30. The zero-order valence-corrected chi connectivity index (χ0v) is 8.31. The number of sulfonamides is 1. The van der Waals surface area contributed by atoms with Crippen molar-refractivity contribution >= 4 is 15.7 Å². The van der Waals surface area contributed by atoms with Gasteiger partial charge in [0.15, 0.2) is 0 Å². The van der Waals surface area contributed by atoms with Gasteiger partial charge < -0.3 is 5.11 Å². The molecule has 14 heavy (non-hydrogen) atoms. The molecule has 4 nitrogen and oxygen atoms in total. The van der Waals surface area contributed by atoms with Crippen molar-refractivity contribution in [1.82, 2.24) is 0 Å². The second-order valence-corrected chi connectivity index (χ2v) is 4.68. The Morgan fingerprint density at radius 3 is 2.64 bits per heavy atom. The molecule has 0 atom stereocenters. The lowest BCUT2D eigenvalue weighted by atomic mass is 10.3. The summed E-state index contributed by atoms with van der Waals surface area (Å²) in [6.07, 6.45) is 0. The Balaban J connectivity index is 2.99. The van der Waals surface area contributed by atoms with Crippen LogP contribution in [0.15, 0.2) is 18.2 Å². The molecule has 78 valence electrons. The number of nitrogens with one attached hydrogen (secondary N) is 1. The molecule has 0 fully saturated rings. The summed E-state index contributed by atoms with van der Waals surface area (Å²) in [4.78, 5) is 0. The third kappa shape index (κ3) is 2.59. The van der Waals surface area contributed by atoms with Gasteiger partial charge in [-0.3, -0.25) is 4.72 Å². The molecule has 0 bridgehead atoms. The van der Waals surface area contributed by atoms with Gasteiger partial charge in [0.1, 0.15) is 11.6 Å². The van der Waals surface area contributed by atoms with Gasteiger partial charge in [0.05, 0.1) is 11.4 Å². The molecule has 0 heterocycles. The van der Waals surface area contributed by atoms with E-state index in [2.05, 4.69) is 4.72 Å². The Morgan fingerprint density at radius 1 is 1.50 bits per heavy atom. The first-order chi connectivity index (χ1) is 6.44. The number of rotatable bonds is 3. The average Bonchev–Trinajstić information content (AvgIpc) is 2.10. The minimum atomic E-state index is -3.44. The van der Waals surface area contributed by atoms with Gasteiger partial charge in [-0.25, -0.2) is 12.8 Å². The van der Waals surface area contributed by atoms with Crippen molar-refractivity contribution in [2.45, 2.75) is 6.92 Å². The van der Waals surface area contributed by atoms with Crippen LogP contribution in [0.5, 0.6) is 5.75 Å². The van der Waals surface area contributed by atoms with Crippen LogP contribution >= 0.6 is 0 Å². The van der Waals surface area contributed by atoms with Crippen molar-refractivity contribution in [3.63, 3.8) is 0 Å². The first-order valence-corrected chi connectivity index (χ1v) is 5.59. The molecule has 0 saturated carbocycles. The summed E-state index contributed by atoms with van der Waals surface area (Å²) in [5.74, 6) is -1.16. The fourth-order valence-electron chi connectivity index (χ4n) is 0.831. The van der Waals surface area contributed by atoms with E-state index in [0.717, 1.165) is 18.2 Å². The number of halogens is 1. The largest absolute Gasteiger partial charge is 0.506 e. The van der Waals surface area contributed by atoms with E-state index in [1.54, 1.807) is 0 Å². The molecule has 6 heteroatoms. The van der Waals surface area contributed by atoms with Crippen molar-refractivity contribution in [2.24, 2.45) is 0 Å². The van der Waals surface area contributed by atoms with Gasteiger partial charge in [-0.2, -0.15) is 0 Å². The molecular weight excluding hydrogens is 209 g/mol. The van der Waals surface area contributed by atoms with Crippen molar-refractivity contribution in [2.75, 3.05) is 10.5 Å². The molecule has 0 aliphatic rings. The topological polar surface area (TPSA) is 66.4 Å². The summed E-state index contributed by atoms with van der Waals surface area (Å²) in [6, 6.07) is 3.07. The van der Waals surface area contributed by atoms with E-state index >= 15 is 0 Å². The number of phenolic OH excluding ortho intramolecular Hbond substituents is 1. The molecular formula is C8H10FNO3S. The van der Waals surface area contributed by atoms with Crippen LogP contribution in [0, 0.1) is 5.82 Å². The van der Waals surface area contributed by atoms with E-state index in [1.165, 1.54) is 6.92 Å². The van der Waals surface area contributed by atoms with E-state index in [-0.39, 0.29) is 11.4 Å². The number of benzene rings is 1. The zero-order chi connectivity index (χ0) is 10.8. The summed E-state index contributed by atoms with van der Waals surface area (Å²) in [7, 11) is -3.44. The highest BCUT2D eigenvalue weighted by molar-refractivity contribution is 7.92. The van der Waals surface area contributed by atoms with Gasteiger partial charge >= 0.3 is 0 Å².